The van der Waals surface area contributed by atoms with E-state index >= 15 is 0 Å². The van der Waals surface area contributed by atoms with E-state index in [-0.39, 0.29) is 11.5 Å². The van der Waals surface area contributed by atoms with Gasteiger partial charge >= 0.3 is 0 Å². The van der Waals surface area contributed by atoms with Gasteiger partial charge in [0, 0.05) is 17.0 Å². The van der Waals surface area contributed by atoms with Crippen LogP contribution in [0.15, 0.2) is 24.3 Å². The van der Waals surface area contributed by atoms with E-state index in [0.29, 0.717) is 16.4 Å². The summed E-state index contributed by atoms with van der Waals surface area (Å²) >= 11 is 7.24. The van der Waals surface area contributed by atoms with E-state index in [1.807, 2.05) is 6.07 Å². The van der Waals surface area contributed by atoms with E-state index in [0.717, 1.165) is 10.9 Å². The van der Waals surface area contributed by atoms with Gasteiger partial charge in [-0.1, -0.05) is 11.6 Å². The molecule has 7 heteroatoms. The predicted molar refractivity (Wildman–Crippen MR) is 72.5 cm³/mol. The smallest absolute Gasteiger partial charge is 0.201 e. The summed E-state index contributed by atoms with van der Waals surface area (Å²) in [5.41, 5.74) is 6.17. The van der Waals surface area contributed by atoms with Gasteiger partial charge < -0.3 is 10.3 Å². The highest BCUT2D eigenvalue weighted by Crippen LogP contribution is 2.27. The number of nitrogen functional groups attached to an aromatic ring is 1. The van der Waals surface area contributed by atoms with Crippen molar-refractivity contribution in [2.45, 2.75) is 6.54 Å². The quantitative estimate of drug-likeness (QED) is 0.785. The van der Waals surface area contributed by atoms with Gasteiger partial charge in [0.15, 0.2) is 5.82 Å². The molecule has 3 rings (SSSR count). The molecule has 0 amide bonds. The van der Waals surface area contributed by atoms with Gasteiger partial charge in [-0.15, -0.1) is 11.3 Å². The molecule has 0 aliphatic carbocycles. The first-order valence-corrected chi connectivity index (χ1v) is 6.59. The van der Waals surface area contributed by atoms with Crippen LogP contribution in [0.25, 0.3) is 11.0 Å². The highest BCUT2D eigenvalue weighted by molar-refractivity contribution is 7.16. The fraction of sp³-hybridized carbons (Fsp3) is 0.0833. The zero-order valence-corrected chi connectivity index (χ0v) is 11.1. The molecule has 3 nitrogen and oxygen atoms in total. The molecule has 2 aromatic heterocycles. The zero-order chi connectivity index (χ0) is 13.6. The van der Waals surface area contributed by atoms with E-state index in [4.69, 9.17) is 17.3 Å². The molecule has 19 heavy (non-hydrogen) atoms. The van der Waals surface area contributed by atoms with Crippen molar-refractivity contribution in [1.29, 1.82) is 0 Å². The molecular weight excluding hydrogens is 292 g/mol. The third kappa shape index (κ3) is 2.17. The Morgan fingerprint density at radius 1 is 1.32 bits per heavy atom. The fourth-order valence-electron chi connectivity index (χ4n) is 1.93. The number of nitrogens with two attached hydrogens (primary N) is 1. The Labute approximate surface area is 116 Å². The summed E-state index contributed by atoms with van der Waals surface area (Å²) in [6.07, 6.45) is 0. The van der Waals surface area contributed by atoms with Crippen LogP contribution in [0.5, 0.6) is 0 Å². The average Bonchev–Trinajstić information content (AvgIpc) is 2.87. The summed E-state index contributed by atoms with van der Waals surface area (Å²) in [5.74, 6) is -1.23. The number of nitrogens with zero attached hydrogens (tertiary/aromatic N) is 2. The van der Waals surface area contributed by atoms with Crippen LogP contribution in [0.1, 0.15) is 4.88 Å². The monoisotopic (exact) mass is 299 g/mol. The van der Waals surface area contributed by atoms with Crippen LogP contribution in [0.2, 0.25) is 4.34 Å². The Balaban J connectivity index is 2.15. The molecule has 0 saturated carbocycles. The van der Waals surface area contributed by atoms with E-state index in [1.165, 1.54) is 17.4 Å². The van der Waals surface area contributed by atoms with E-state index in [1.54, 1.807) is 10.6 Å². The molecule has 0 radical (unpaired) electrons. The first-order chi connectivity index (χ1) is 9.04. The van der Waals surface area contributed by atoms with Crippen molar-refractivity contribution in [3.05, 3.63) is 45.1 Å². The SMILES string of the molecule is Nc1nc2c(F)cc(F)cc2n1Cc1ccc(Cl)s1. The fourth-order valence-corrected chi connectivity index (χ4v) is 3.00. The maximum absolute atomic E-state index is 13.6. The molecule has 1 aromatic carbocycles. The molecule has 0 aliphatic heterocycles. The number of hydrogen-bond acceptors (Lipinski definition) is 3. The summed E-state index contributed by atoms with van der Waals surface area (Å²) in [6, 6.07) is 5.62. The van der Waals surface area contributed by atoms with Crippen molar-refractivity contribution in [2.24, 2.45) is 0 Å². The summed E-state index contributed by atoms with van der Waals surface area (Å²) in [7, 11) is 0. The minimum Gasteiger partial charge on any atom is -0.369 e. The van der Waals surface area contributed by atoms with Crippen molar-refractivity contribution >= 4 is 39.9 Å². The number of benzene rings is 1. The van der Waals surface area contributed by atoms with Gasteiger partial charge in [0.25, 0.3) is 0 Å². The molecule has 98 valence electrons. The van der Waals surface area contributed by atoms with Gasteiger partial charge in [0.05, 0.1) is 16.4 Å². The molecule has 0 saturated heterocycles. The molecule has 0 bridgehead atoms. The zero-order valence-electron chi connectivity index (χ0n) is 9.53. The number of hydrogen-bond donors (Lipinski definition) is 1. The first kappa shape index (κ1) is 12.4. The van der Waals surface area contributed by atoms with Crippen LogP contribution in [0, 0.1) is 11.6 Å². The second-order valence-corrected chi connectivity index (χ2v) is 5.82. The maximum atomic E-state index is 13.6. The highest BCUT2D eigenvalue weighted by Gasteiger charge is 2.14. The van der Waals surface area contributed by atoms with E-state index < -0.39 is 11.6 Å². The lowest BCUT2D eigenvalue weighted by atomic mass is 10.3. The highest BCUT2D eigenvalue weighted by atomic mass is 35.5. The number of rotatable bonds is 2. The van der Waals surface area contributed by atoms with Crippen LogP contribution in [0.3, 0.4) is 0 Å². The minimum atomic E-state index is -0.718. The topological polar surface area (TPSA) is 43.8 Å². The molecule has 2 heterocycles. The van der Waals surface area contributed by atoms with Crippen molar-refractivity contribution < 1.29 is 8.78 Å². The molecular formula is C12H8ClF2N3S. The number of thiophene rings is 1. The summed E-state index contributed by atoms with van der Waals surface area (Å²) in [4.78, 5) is 4.86. The first-order valence-electron chi connectivity index (χ1n) is 5.39. The standard InChI is InChI=1S/C12H8ClF2N3S/c13-10-2-1-7(19-10)5-18-9-4-6(14)3-8(15)11(9)17-12(18)16/h1-4H,5H2,(H2,16,17). The van der Waals surface area contributed by atoms with Gasteiger partial charge in [-0.2, -0.15) is 0 Å². The normalized spacial score (nSPS) is 11.3. The summed E-state index contributed by atoms with van der Waals surface area (Å²) in [5, 5.41) is 0. The summed E-state index contributed by atoms with van der Waals surface area (Å²) < 4.78 is 29.1. The molecule has 0 spiro atoms. The maximum Gasteiger partial charge on any atom is 0.201 e. The molecule has 2 N–H and O–H groups in total. The third-order valence-electron chi connectivity index (χ3n) is 2.74. The Hall–Kier alpha value is -1.66. The van der Waals surface area contributed by atoms with Crippen LogP contribution in [-0.4, -0.2) is 9.55 Å². The van der Waals surface area contributed by atoms with Crippen molar-refractivity contribution in [3.8, 4) is 0 Å². The Morgan fingerprint density at radius 3 is 2.79 bits per heavy atom. The van der Waals surface area contributed by atoms with Gasteiger partial charge in [-0.25, -0.2) is 13.8 Å². The number of fused-ring (bicyclic) bond motifs is 1. The van der Waals surface area contributed by atoms with Gasteiger partial charge in [-0.3, -0.25) is 0 Å². The second kappa shape index (κ2) is 4.47. The number of anilines is 1. The lowest BCUT2D eigenvalue weighted by Gasteiger charge is -2.04. The number of aromatic nitrogens is 2. The van der Waals surface area contributed by atoms with Gasteiger partial charge in [0.2, 0.25) is 5.95 Å². The van der Waals surface area contributed by atoms with E-state index in [9.17, 15) is 8.78 Å². The van der Waals surface area contributed by atoms with E-state index in [2.05, 4.69) is 4.98 Å². The Morgan fingerprint density at radius 2 is 2.11 bits per heavy atom. The van der Waals surface area contributed by atoms with Crippen LogP contribution in [0.4, 0.5) is 14.7 Å². The van der Waals surface area contributed by atoms with Gasteiger partial charge in [-0.05, 0) is 12.1 Å². The van der Waals surface area contributed by atoms with Crippen LogP contribution >= 0.6 is 22.9 Å². The number of halogens is 3. The average molecular weight is 300 g/mol. The van der Waals surface area contributed by atoms with Crippen LogP contribution < -0.4 is 5.73 Å². The summed E-state index contributed by atoms with van der Waals surface area (Å²) in [6.45, 7) is 0.378. The Bertz CT molecular complexity index is 766. The molecule has 0 unspecified atom stereocenters. The van der Waals surface area contributed by atoms with Crippen molar-refractivity contribution in [1.82, 2.24) is 9.55 Å². The third-order valence-corrected chi connectivity index (χ3v) is 3.96. The lowest BCUT2D eigenvalue weighted by Crippen LogP contribution is -2.03. The predicted octanol–water partition coefficient (Wildman–Crippen LogP) is 3.66. The van der Waals surface area contributed by atoms with Gasteiger partial charge in [0.1, 0.15) is 11.3 Å². The largest absolute Gasteiger partial charge is 0.369 e. The number of imidazole rings is 1. The lowest BCUT2D eigenvalue weighted by molar-refractivity contribution is 0.590. The van der Waals surface area contributed by atoms with Crippen molar-refractivity contribution in [2.75, 3.05) is 5.73 Å². The second-order valence-electron chi connectivity index (χ2n) is 4.02. The molecule has 0 fully saturated rings. The van der Waals surface area contributed by atoms with Crippen LogP contribution in [-0.2, 0) is 6.54 Å². The molecule has 0 aliphatic rings. The molecule has 3 aromatic rings. The molecule has 0 atom stereocenters. The van der Waals surface area contributed by atoms with Crippen molar-refractivity contribution in [3.63, 3.8) is 0 Å². The Kier molecular flexibility index (Phi) is 2.91. The minimum absolute atomic E-state index is 0.0709.